The number of hydrogen-bond donors (Lipinski definition) is 2. The fourth-order valence-corrected chi connectivity index (χ4v) is 1.83. The Morgan fingerprint density at radius 2 is 2.43 bits per heavy atom. The second-order valence-corrected chi connectivity index (χ2v) is 3.86. The Morgan fingerprint density at radius 1 is 1.50 bits per heavy atom. The zero-order valence-corrected chi connectivity index (χ0v) is 8.64. The zero-order chi connectivity index (χ0) is 9.80. The summed E-state index contributed by atoms with van der Waals surface area (Å²) < 4.78 is 0. The average molecular weight is 209 g/mol. The summed E-state index contributed by atoms with van der Waals surface area (Å²) in [5.41, 5.74) is 1.08. The van der Waals surface area contributed by atoms with Gasteiger partial charge in [-0.1, -0.05) is 0 Å². The van der Waals surface area contributed by atoms with Crippen molar-refractivity contribution in [2.45, 2.75) is 20.0 Å². The van der Waals surface area contributed by atoms with Gasteiger partial charge in [0.15, 0.2) is 0 Å². The number of nitrogens with zero attached hydrogens (tertiary/aromatic N) is 3. The van der Waals surface area contributed by atoms with E-state index in [2.05, 4.69) is 25.5 Å². The first kappa shape index (κ1) is 9.29. The van der Waals surface area contributed by atoms with E-state index in [4.69, 9.17) is 0 Å². The third kappa shape index (κ3) is 2.36. The second kappa shape index (κ2) is 4.30. The molecule has 0 aliphatic carbocycles. The molecule has 0 atom stereocenters. The molecular weight excluding hydrogens is 198 g/mol. The fourth-order valence-electron chi connectivity index (χ4n) is 1.09. The SMILES string of the molecule is Cc1csc(CNCc2ncn[nH]2)n1. The van der Waals surface area contributed by atoms with Gasteiger partial charge >= 0.3 is 0 Å². The summed E-state index contributed by atoms with van der Waals surface area (Å²) in [7, 11) is 0. The third-order valence-corrected chi connectivity index (χ3v) is 2.67. The number of hydrogen-bond acceptors (Lipinski definition) is 5. The van der Waals surface area contributed by atoms with E-state index in [9.17, 15) is 0 Å². The van der Waals surface area contributed by atoms with E-state index in [1.807, 2.05) is 12.3 Å². The van der Waals surface area contributed by atoms with Crippen LogP contribution in [0.3, 0.4) is 0 Å². The van der Waals surface area contributed by atoms with Gasteiger partial charge < -0.3 is 5.32 Å². The molecular formula is C8H11N5S. The molecule has 2 rings (SSSR count). The molecule has 14 heavy (non-hydrogen) atoms. The van der Waals surface area contributed by atoms with Crippen LogP contribution in [0.25, 0.3) is 0 Å². The smallest absolute Gasteiger partial charge is 0.138 e. The highest BCUT2D eigenvalue weighted by atomic mass is 32.1. The summed E-state index contributed by atoms with van der Waals surface area (Å²) in [5.74, 6) is 0.846. The Bertz CT molecular complexity index is 380. The van der Waals surface area contributed by atoms with Crippen LogP contribution in [-0.2, 0) is 13.1 Å². The minimum absolute atomic E-state index is 0.693. The number of aromatic nitrogens is 4. The van der Waals surface area contributed by atoms with Crippen LogP contribution in [0.4, 0.5) is 0 Å². The quantitative estimate of drug-likeness (QED) is 0.783. The maximum atomic E-state index is 4.34. The second-order valence-electron chi connectivity index (χ2n) is 2.92. The Balaban J connectivity index is 1.78. The highest BCUT2D eigenvalue weighted by molar-refractivity contribution is 7.09. The lowest BCUT2D eigenvalue weighted by Crippen LogP contribution is -2.13. The normalized spacial score (nSPS) is 10.6. The lowest BCUT2D eigenvalue weighted by atomic mass is 10.5. The molecule has 0 amide bonds. The van der Waals surface area contributed by atoms with Gasteiger partial charge in [0.1, 0.15) is 17.2 Å². The Kier molecular flexibility index (Phi) is 2.85. The first-order chi connectivity index (χ1) is 6.84. The van der Waals surface area contributed by atoms with Gasteiger partial charge in [0, 0.05) is 17.6 Å². The first-order valence-corrected chi connectivity index (χ1v) is 5.18. The van der Waals surface area contributed by atoms with E-state index >= 15 is 0 Å². The molecule has 74 valence electrons. The van der Waals surface area contributed by atoms with Crippen molar-refractivity contribution in [2.75, 3.05) is 0 Å². The Labute approximate surface area is 85.6 Å². The monoisotopic (exact) mass is 209 g/mol. The van der Waals surface area contributed by atoms with Gasteiger partial charge in [-0.25, -0.2) is 9.97 Å². The van der Waals surface area contributed by atoms with E-state index in [1.54, 1.807) is 11.3 Å². The maximum Gasteiger partial charge on any atom is 0.138 e. The fraction of sp³-hybridized carbons (Fsp3) is 0.375. The third-order valence-electron chi connectivity index (χ3n) is 1.70. The van der Waals surface area contributed by atoms with Crippen molar-refractivity contribution in [1.82, 2.24) is 25.5 Å². The number of thiazole rings is 1. The van der Waals surface area contributed by atoms with Crippen LogP contribution in [0.15, 0.2) is 11.7 Å². The predicted octanol–water partition coefficient (Wildman–Crippen LogP) is 0.859. The summed E-state index contributed by atoms with van der Waals surface area (Å²) in [5, 5.41) is 12.9. The predicted molar refractivity (Wildman–Crippen MR) is 53.8 cm³/mol. The topological polar surface area (TPSA) is 66.5 Å². The van der Waals surface area contributed by atoms with Gasteiger partial charge in [0.2, 0.25) is 0 Å². The first-order valence-electron chi connectivity index (χ1n) is 4.30. The van der Waals surface area contributed by atoms with E-state index in [0.29, 0.717) is 6.54 Å². The molecule has 0 spiro atoms. The summed E-state index contributed by atoms with van der Waals surface area (Å²) in [6.45, 7) is 3.47. The van der Waals surface area contributed by atoms with Gasteiger partial charge in [0.25, 0.3) is 0 Å². The molecule has 2 aromatic heterocycles. The lowest BCUT2D eigenvalue weighted by Gasteiger charge is -1.97. The minimum atomic E-state index is 0.693. The van der Waals surface area contributed by atoms with Crippen LogP contribution in [0.1, 0.15) is 16.5 Å². The van der Waals surface area contributed by atoms with Gasteiger partial charge in [0.05, 0.1) is 6.54 Å². The van der Waals surface area contributed by atoms with Gasteiger partial charge in [-0.05, 0) is 6.92 Å². The van der Waals surface area contributed by atoms with Crippen LogP contribution in [-0.4, -0.2) is 20.2 Å². The molecule has 0 bridgehead atoms. The highest BCUT2D eigenvalue weighted by Gasteiger charge is 1.99. The maximum absolute atomic E-state index is 4.34. The molecule has 0 saturated carbocycles. The van der Waals surface area contributed by atoms with Gasteiger partial charge in [-0.3, -0.25) is 5.10 Å². The number of H-pyrrole nitrogens is 1. The molecule has 0 aliphatic heterocycles. The summed E-state index contributed by atoms with van der Waals surface area (Å²) in [4.78, 5) is 8.35. The minimum Gasteiger partial charge on any atom is -0.303 e. The van der Waals surface area contributed by atoms with Crippen molar-refractivity contribution in [3.63, 3.8) is 0 Å². The van der Waals surface area contributed by atoms with E-state index in [1.165, 1.54) is 6.33 Å². The van der Waals surface area contributed by atoms with Crippen LogP contribution in [0, 0.1) is 6.92 Å². The molecule has 0 saturated heterocycles. The molecule has 0 radical (unpaired) electrons. The lowest BCUT2D eigenvalue weighted by molar-refractivity contribution is 0.661. The number of aromatic amines is 1. The summed E-state index contributed by atoms with van der Waals surface area (Å²) in [6.07, 6.45) is 1.50. The largest absolute Gasteiger partial charge is 0.303 e. The van der Waals surface area contributed by atoms with Crippen molar-refractivity contribution in [3.8, 4) is 0 Å². The van der Waals surface area contributed by atoms with Crippen molar-refractivity contribution >= 4 is 11.3 Å². The Morgan fingerprint density at radius 3 is 3.07 bits per heavy atom. The van der Waals surface area contributed by atoms with Crippen LogP contribution >= 0.6 is 11.3 Å². The van der Waals surface area contributed by atoms with Crippen molar-refractivity contribution < 1.29 is 0 Å². The summed E-state index contributed by atoms with van der Waals surface area (Å²) in [6, 6.07) is 0. The number of rotatable bonds is 4. The van der Waals surface area contributed by atoms with Gasteiger partial charge in [-0.15, -0.1) is 11.3 Å². The zero-order valence-electron chi connectivity index (χ0n) is 7.82. The van der Waals surface area contributed by atoms with E-state index in [0.717, 1.165) is 23.1 Å². The molecule has 0 unspecified atom stereocenters. The summed E-state index contributed by atoms with van der Waals surface area (Å²) >= 11 is 1.67. The Hall–Kier alpha value is -1.27. The molecule has 6 heteroatoms. The van der Waals surface area contributed by atoms with Crippen molar-refractivity contribution in [3.05, 3.63) is 28.2 Å². The molecule has 2 aromatic rings. The molecule has 0 aromatic carbocycles. The number of aryl methyl sites for hydroxylation is 1. The number of nitrogens with one attached hydrogen (secondary N) is 2. The molecule has 0 aliphatic rings. The van der Waals surface area contributed by atoms with E-state index < -0.39 is 0 Å². The standard InChI is InChI=1S/C8H11N5S/c1-6-4-14-8(12-6)3-9-2-7-10-5-11-13-7/h4-5,9H,2-3H2,1H3,(H,10,11,13). The highest BCUT2D eigenvalue weighted by Crippen LogP contribution is 2.07. The average Bonchev–Trinajstić information content (AvgIpc) is 2.77. The van der Waals surface area contributed by atoms with Crippen LogP contribution in [0.5, 0.6) is 0 Å². The molecule has 2 N–H and O–H groups in total. The van der Waals surface area contributed by atoms with Crippen molar-refractivity contribution in [2.24, 2.45) is 0 Å². The van der Waals surface area contributed by atoms with Crippen LogP contribution < -0.4 is 5.32 Å². The molecule has 5 nitrogen and oxygen atoms in total. The molecule has 2 heterocycles. The molecule has 0 fully saturated rings. The van der Waals surface area contributed by atoms with E-state index in [-0.39, 0.29) is 0 Å². The van der Waals surface area contributed by atoms with Gasteiger partial charge in [-0.2, -0.15) is 5.10 Å². The van der Waals surface area contributed by atoms with Crippen LogP contribution in [0.2, 0.25) is 0 Å². The van der Waals surface area contributed by atoms with Crippen molar-refractivity contribution in [1.29, 1.82) is 0 Å².